The van der Waals surface area contributed by atoms with Crippen molar-refractivity contribution in [2.75, 3.05) is 19.5 Å². The van der Waals surface area contributed by atoms with E-state index in [-0.39, 0.29) is 16.3 Å². The van der Waals surface area contributed by atoms with Gasteiger partial charge in [-0.2, -0.15) is 0 Å². The highest BCUT2D eigenvalue weighted by molar-refractivity contribution is 8.04. The smallest absolute Gasteiger partial charge is 0.269 e. The highest BCUT2D eigenvalue weighted by atomic mass is 32.2. The number of nitrogens with zero attached hydrogens (tertiary/aromatic N) is 1. The number of nitrogens with one attached hydrogen (secondary N) is 1. The van der Waals surface area contributed by atoms with E-state index < -0.39 is 20.7 Å². The topological polar surface area (TPSA) is 125 Å². The van der Waals surface area contributed by atoms with Gasteiger partial charge in [-0.3, -0.25) is 14.9 Å². The van der Waals surface area contributed by atoms with E-state index in [9.17, 15) is 23.3 Å². The van der Waals surface area contributed by atoms with Crippen LogP contribution in [0.2, 0.25) is 0 Å². The first-order valence-electron chi connectivity index (χ1n) is 10.2. The van der Waals surface area contributed by atoms with Crippen LogP contribution in [0.1, 0.15) is 11.1 Å². The van der Waals surface area contributed by atoms with Crippen molar-refractivity contribution in [2.45, 2.75) is 15.5 Å². The van der Waals surface area contributed by atoms with Crippen molar-refractivity contribution in [1.82, 2.24) is 0 Å². The number of nitro benzene ring substituents is 1. The second-order valence-corrected chi connectivity index (χ2v) is 10.5. The van der Waals surface area contributed by atoms with Gasteiger partial charge in [0.05, 0.1) is 45.9 Å². The molecule has 0 fully saturated rings. The van der Waals surface area contributed by atoms with Crippen LogP contribution >= 0.6 is 11.8 Å². The normalized spacial score (nSPS) is 14.2. The second kappa shape index (κ2) is 9.80. The summed E-state index contributed by atoms with van der Waals surface area (Å²) >= 11 is 1.19. The van der Waals surface area contributed by atoms with Gasteiger partial charge >= 0.3 is 0 Å². The third-order valence-electron chi connectivity index (χ3n) is 5.27. The fraction of sp³-hybridized carbons (Fsp3) is 0.125. The van der Waals surface area contributed by atoms with E-state index >= 15 is 0 Å². The molecule has 3 aromatic carbocycles. The molecule has 0 saturated heterocycles. The van der Waals surface area contributed by atoms with Gasteiger partial charge in [0.15, 0.2) is 9.84 Å². The maximum atomic E-state index is 13.2. The van der Waals surface area contributed by atoms with Crippen LogP contribution in [0.25, 0.3) is 6.08 Å². The van der Waals surface area contributed by atoms with Crippen LogP contribution in [0.15, 0.2) is 75.4 Å². The molecule has 180 valence electrons. The minimum Gasteiger partial charge on any atom is -0.496 e. The molecule has 9 nitrogen and oxygen atoms in total. The Morgan fingerprint density at radius 1 is 1.03 bits per heavy atom. The molecule has 0 saturated carbocycles. The van der Waals surface area contributed by atoms with Gasteiger partial charge in [-0.15, -0.1) is 0 Å². The predicted octanol–water partition coefficient (Wildman–Crippen LogP) is 4.67. The van der Waals surface area contributed by atoms with Crippen molar-refractivity contribution >= 4 is 45.0 Å². The van der Waals surface area contributed by atoms with Crippen LogP contribution in [0.3, 0.4) is 0 Å². The molecule has 0 unspecified atom stereocenters. The fourth-order valence-corrected chi connectivity index (χ4v) is 5.86. The summed E-state index contributed by atoms with van der Waals surface area (Å²) < 4.78 is 37.0. The molecule has 11 heteroatoms. The number of non-ortho nitro benzene ring substituents is 1. The number of methoxy groups -OCH3 is 2. The van der Waals surface area contributed by atoms with E-state index in [0.717, 1.165) is 0 Å². The zero-order valence-electron chi connectivity index (χ0n) is 18.7. The Morgan fingerprint density at radius 2 is 1.69 bits per heavy atom. The highest BCUT2D eigenvalue weighted by Crippen LogP contribution is 2.41. The zero-order valence-corrected chi connectivity index (χ0v) is 20.3. The summed E-state index contributed by atoms with van der Waals surface area (Å²) in [5.74, 6) is 0.0547. The number of carbonyl (C=O) groups excluding carboxylic acids is 1. The lowest BCUT2D eigenvalue weighted by atomic mass is 10.2. The van der Waals surface area contributed by atoms with Crippen LogP contribution in [-0.4, -0.2) is 33.5 Å². The first-order valence-corrected chi connectivity index (χ1v) is 12.7. The van der Waals surface area contributed by atoms with E-state index in [4.69, 9.17) is 9.47 Å². The van der Waals surface area contributed by atoms with Crippen LogP contribution < -0.4 is 14.8 Å². The molecule has 0 aromatic heterocycles. The Labute approximate surface area is 205 Å². The summed E-state index contributed by atoms with van der Waals surface area (Å²) in [6.45, 7) is 0. The van der Waals surface area contributed by atoms with Crippen molar-refractivity contribution in [3.8, 4) is 11.5 Å². The average Bonchev–Trinajstić information content (AvgIpc) is 2.84. The molecule has 1 heterocycles. The number of anilines is 1. The van der Waals surface area contributed by atoms with Crippen LogP contribution in [0, 0.1) is 10.1 Å². The first kappa shape index (κ1) is 24.3. The van der Waals surface area contributed by atoms with Crippen molar-refractivity contribution in [1.29, 1.82) is 0 Å². The molecule has 0 radical (unpaired) electrons. The van der Waals surface area contributed by atoms with Gasteiger partial charge in [0, 0.05) is 17.0 Å². The molecule has 1 amide bonds. The summed E-state index contributed by atoms with van der Waals surface area (Å²) in [6, 6.07) is 15.4. The Bertz CT molecular complexity index is 1430. The number of hydrogen-bond donors (Lipinski definition) is 1. The summed E-state index contributed by atoms with van der Waals surface area (Å²) in [6.07, 6.45) is 1.62. The highest BCUT2D eigenvalue weighted by Gasteiger charge is 2.26. The quantitative estimate of drug-likeness (QED) is 0.275. The van der Waals surface area contributed by atoms with Crippen molar-refractivity contribution in [3.63, 3.8) is 0 Å². The maximum absolute atomic E-state index is 13.2. The Balaban J connectivity index is 1.60. The van der Waals surface area contributed by atoms with Gasteiger partial charge in [-0.1, -0.05) is 17.8 Å². The lowest BCUT2D eigenvalue weighted by molar-refractivity contribution is -0.384. The lowest BCUT2D eigenvalue weighted by Gasteiger charge is -2.20. The predicted molar refractivity (Wildman–Crippen MR) is 132 cm³/mol. The largest absolute Gasteiger partial charge is 0.496 e. The minimum absolute atomic E-state index is 0.0438. The van der Waals surface area contributed by atoms with Crippen molar-refractivity contribution < 1.29 is 27.6 Å². The molecule has 0 aliphatic carbocycles. The van der Waals surface area contributed by atoms with Gasteiger partial charge in [-0.05, 0) is 54.1 Å². The average molecular weight is 513 g/mol. The van der Waals surface area contributed by atoms with Gasteiger partial charge in [-0.25, -0.2) is 8.42 Å². The van der Waals surface area contributed by atoms with Gasteiger partial charge < -0.3 is 14.8 Å². The molecule has 35 heavy (non-hydrogen) atoms. The Morgan fingerprint density at radius 3 is 2.29 bits per heavy atom. The second-order valence-electron chi connectivity index (χ2n) is 7.47. The molecule has 1 aliphatic heterocycles. The van der Waals surface area contributed by atoms with Crippen molar-refractivity contribution in [3.05, 3.63) is 86.8 Å². The molecule has 3 aromatic rings. The Hall–Kier alpha value is -3.83. The van der Waals surface area contributed by atoms with E-state index in [0.29, 0.717) is 38.1 Å². The molecule has 4 rings (SSSR count). The van der Waals surface area contributed by atoms with Crippen LogP contribution in [0.4, 0.5) is 11.4 Å². The molecule has 1 aliphatic rings. The number of benzene rings is 3. The number of hydrogen-bond acceptors (Lipinski definition) is 8. The van der Waals surface area contributed by atoms with Crippen LogP contribution in [0.5, 0.6) is 11.5 Å². The summed E-state index contributed by atoms with van der Waals surface area (Å²) in [4.78, 5) is 24.1. The van der Waals surface area contributed by atoms with Crippen molar-refractivity contribution in [2.24, 2.45) is 0 Å². The lowest BCUT2D eigenvalue weighted by Crippen LogP contribution is -2.18. The standard InChI is InChI=1S/C24H20N2O7S2/c1-32-20-4-3-5-21(33-2)18(20)14-35(30,31)17-10-11-22-19(13-17)25-24(27)23(34-22)12-15-6-8-16(9-7-15)26(28)29/h3-13H,14H2,1-2H3,(H,25,27)/b23-12-. The molecule has 1 N–H and O–H groups in total. The van der Waals surface area contributed by atoms with E-state index in [1.54, 1.807) is 42.5 Å². The SMILES string of the molecule is COc1cccc(OC)c1CS(=O)(=O)c1ccc2c(c1)NC(=O)/C(=C/c1ccc([N+](=O)[O-])cc1)S2. The molecular formula is C24H20N2O7S2. The molecular weight excluding hydrogens is 492 g/mol. The summed E-state index contributed by atoms with van der Waals surface area (Å²) in [5.41, 5.74) is 1.37. The third-order valence-corrected chi connectivity index (χ3v) is 8.01. The number of thioether (sulfide) groups is 1. The third kappa shape index (κ3) is 5.15. The number of carbonyl (C=O) groups is 1. The minimum atomic E-state index is -3.79. The fourth-order valence-electron chi connectivity index (χ4n) is 3.52. The maximum Gasteiger partial charge on any atom is 0.269 e. The Kier molecular flexibility index (Phi) is 6.81. The van der Waals surface area contributed by atoms with E-state index in [1.165, 1.54) is 50.2 Å². The van der Waals surface area contributed by atoms with E-state index in [2.05, 4.69) is 5.32 Å². The number of rotatable bonds is 7. The van der Waals surface area contributed by atoms with Gasteiger partial charge in [0.1, 0.15) is 11.5 Å². The first-order chi connectivity index (χ1) is 16.7. The number of sulfone groups is 1. The summed E-state index contributed by atoms with van der Waals surface area (Å²) in [5, 5.41) is 13.6. The van der Waals surface area contributed by atoms with Crippen LogP contribution in [-0.2, 0) is 20.4 Å². The number of amides is 1. The number of nitro groups is 1. The van der Waals surface area contributed by atoms with Gasteiger partial charge in [0.2, 0.25) is 0 Å². The number of fused-ring (bicyclic) bond motifs is 1. The monoisotopic (exact) mass is 512 g/mol. The zero-order chi connectivity index (χ0) is 25.2. The molecule has 0 spiro atoms. The van der Waals surface area contributed by atoms with E-state index in [1.807, 2.05) is 0 Å². The van der Waals surface area contributed by atoms with Gasteiger partial charge in [0.25, 0.3) is 11.6 Å². The number of ether oxygens (including phenoxy) is 2. The molecule has 0 atom stereocenters. The summed E-state index contributed by atoms with van der Waals surface area (Å²) in [7, 11) is -0.880. The molecule has 0 bridgehead atoms.